The van der Waals surface area contributed by atoms with Gasteiger partial charge in [-0.15, -0.1) is 15.0 Å². The van der Waals surface area contributed by atoms with Crippen molar-refractivity contribution in [3.05, 3.63) is 54.1 Å². The van der Waals surface area contributed by atoms with Crippen molar-refractivity contribution in [2.24, 2.45) is 0 Å². The second-order valence-electron chi connectivity index (χ2n) is 4.49. The Morgan fingerprint density at radius 1 is 1.14 bits per heavy atom. The predicted molar refractivity (Wildman–Crippen MR) is 78.3 cm³/mol. The maximum atomic E-state index is 8.80. The summed E-state index contributed by atoms with van der Waals surface area (Å²) in [6.45, 7) is 0. The second kappa shape index (κ2) is 5.43. The van der Waals surface area contributed by atoms with Crippen molar-refractivity contribution in [1.29, 1.82) is 5.26 Å². The largest absolute Gasteiger partial charge is 0.398 e. The Balaban J connectivity index is 1.97. The van der Waals surface area contributed by atoms with Crippen molar-refractivity contribution in [1.82, 2.24) is 20.2 Å². The van der Waals surface area contributed by atoms with E-state index in [4.69, 9.17) is 11.0 Å². The van der Waals surface area contributed by atoms with Gasteiger partial charge >= 0.3 is 0 Å². The van der Waals surface area contributed by atoms with Crippen molar-refractivity contribution < 1.29 is 0 Å². The summed E-state index contributed by atoms with van der Waals surface area (Å²) in [5, 5.41) is 21.2. The number of aromatic nitrogens is 4. The molecule has 0 amide bonds. The lowest BCUT2D eigenvalue weighted by Gasteiger charge is -2.04. The standard InChI is InChI=1S/C15H12N6/c16-9-8-12-10-13(6-7-14(12)17)21-19-15(18-20-21)11-4-2-1-3-5-11/h1-7,10H,8,17H2. The fourth-order valence-electron chi connectivity index (χ4n) is 1.98. The van der Waals surface area contributed by atoms with Crippen molar-refractivity contribution >= 4 is 5.69 Å². The summed E-state index contributed by atoms with van der Waals surface area (Å²) in [6, 6.07) is 17.0. The van der Waals surface area contributed by atoms with Crippen LogP contribution in [0.3, 0.4) is 0 Å². The van der Waals surface area contributed by atoms with E-state index in [9.17, 15) is 0 Å². The third kappa shape index (κ3) is 2.58. The summed E-state index contributed by atoms with van der Waals surface area (Å²) < 4.78 is 0. The van der Waals surface area contributed by atoms with Gasteiger partial charge in [-0.25, -0.2) is 0 Å². The van der Waals surface area contributed by atoms with Crippen LogP contribution in [0, 0.1) is 11.3 Å². The first-order valence-corrected chi connectivity index (χ1v) is 6.39. The molecule has 2 N–H and O–H groups in total. The number of nitrogens with zero attached hydrogens (tertiary/aromatic N) is 5. The molecule has 0 aliphatic rings. The highest BCUT2D eigenvalue weighted by Crippen LogP contribution is 2.18. The van der Waals surface area contributed by atoms with E-state index in [0.717, 1.165) is 16.8 Å². The van der Waals surface area contributed by atoms with Gasteiger partial charge in [0.2, 0.25) is 5.82 Å². The van der Waals surface area contributed by atoms with E-state index >= 15 is 0 Å². The Bertz CT molecular complexity index is 801. The molecule has 6 heteroatoms. The molecule has 1 heterocycles. The van der Waals surface area contributed by atoms with Crippen LogP contribution in [0.5, 0.6) is 0 Å². The SMILES string of the molecule is N#CCc1cc(-n2nnc(-c3ccccc3)n2)ccc1N. The molecule has 2 aromatic carbocycles. The molecule has 0 aliphatic carbocycles. The van der Waals surface area contributed by atoms with E-state index in [1.54, 1.807) is 18.2 Å². The summed E-state index contributed by atoms with van der Waals surface area (Å²) in [5.41, 5.74) is 8.80. The highest BCUT2D eigenvalue weighted by molar-refractivity contribution is 5.55. The van der Waals surface area contributed by atoms with Gasteiger partial charge in [-0.05, 0) is 29.0 Å². The minimum Gasteiger partial charge on any atom is -0.398 e. The monoisotopic (exact) mass is 276 g/mol. The number of anilines is 1. The zero-order valence-electron chi connectivity index (χ0n) is 11.1. The number of benzene rings is 2. The van der Waals surface area contributed by atoms with Gasteiger partial charge in [-0.2, -0.15) is 5.26 Å². The molecule has 0 saturated carbocycles. The molecule has 0 unspecified atom stereocenters. The minimum atomic E-state index is 0.250. The van der Waals surface area contributed by atoms with Crippen LogP contribution in [0.4, 0.5) is 5.69 Å². The van der Waals surface area contributed by atoms with Crippen LogP contribution in [0.1, 0.15) is 5.56 Å². The molecule has 0 atom stereocenters. The number of hydrogen-bond acceptors (Lipinski definition) is 5. The molecular weight excluding hydrogens is 264 g/mol. The van der Waals surface area contributed by atoms with Gasteiger partial charge in [0.1, 0.15) is 0 Å². The lowest BCUT2D eigenvalue weighted by Crippen LogP contribution is -2.02. The quantitative estimate of drug-likeness (QED) is 0.738. The Morgan fingerprint density at radius 3 is 2.71 bits per heavy atom. The molecule has 1 aromatic heterocycles. The van der Waals surface area contributed by atoms with Gasteiger partial charge in [0, 0.05) is 11.3 Å². The molecular formula is C15H12N6. The summed E-state index contributed by atoms with van der Waals surface area (Å²) >= 11 is 0. The molecule has 0 aliphatic heterocycles. The van der Waals surface area contributed by atoms with E-state index in [2.05, 4.69) is 21.5 Å². The number of hydrogen-bond donors (Lipinski definition) is 1. The number of nitrogen functional groups attached to an aromatic ring is 1. The highest BCUT2D eigenvalue weighted by atomic mass is 15.6. The third-order valence-corrected chi connectivity index (χ3v) is 3.07. The normalized spacial score (nSPS) is 10.2. The van der Waals surface area contributed by atoms with Gasteiger partial charge in [0.05, 0.1) is 18.2 Å². The van der Waals surface area contributed by atoms with Crippen LogP contribution in [-0.2, 0) is 6.42 Å². The molecule has 6 nitrogen and oxygen atoms in total. The Labute approximate surface area is 121 Å². The number of nitrogens with two attached hydrogens (primary N) is 1. The van der Waals surface area contributed by atoms with Crippen LogP contribution in [-0.4, -0.2) is 20.2 Å². The molecule has 3 aromatic rings. The maximum Gasteiger partial charge on any atom is 0.205 e. The first kappa shape index (κ1) is 12.8. The van der Waals surface area contributed by atoms with Crippen LogP contribution in [0.25, 0.3) is 17.1 Å². The smallest absolute Gasteiger partial charge is 0.205 e. The summed E-state index contributed by atoms with van der Waals surface area (Å²) in [6.07, 6.45) is 0.250. The van der Waals surface area contributed by atoms with E-state index in [1.165, 1.54) is 4.80 Å². The molecule has 0 saturated heterocycles. The number of nitriles is 1. The van der Waals surface area contributed by atoms with Crippen LogP contribution in [0.2, 0.25) is 0 Å². The fraction of sp³-hybridized carbons (Fsp3) is 0.0667. The fourth-order valence-corrected chi connectivity index (χ4v) is 1.98. The predicted octanol–water partition coefficient (Wildman–Crippen LogP) is 1.98. The van der Waals surface area contributed by atoms with Crippen molar-refractivity contribution in [2.75, 3.05) is 5.73 Å². The molecule has 0 bridgehead atoms. The molecule has 102 valence electrons. The van der Waals surface area contributed by atoms with Crippen molar-refractivity contribution in [3.8, 4) is 23.1 Å². The van der Waals surface area contributed by atoms with Gasteiger partial charge in [0.25, 0.3) is 0 Å². The van der Waals surface area contributed by atoms with Crippen LogP contribution < -0.4 is 5.73 Å². The second-order valence-corrected chi connectivity index (χ2v) is 4.49. The average molecular weight is 276 g/mol. The van der Waals surface area contributed by atoms with E-state index in [1.807, 2.05) is 30.3 Å². The Hall–Kier alpha value is -3.20. The van der Waals surface area contributed by atoms with Crippen LogP contribution >= 0.6 is 0 Å². The molecule has 0 fully saturated rings. The lowest BCUT2D eigenvalue weighted by molar-refractivity contribution is 0.719. The van der Waals surface area contributed by atoms with E-state index in [0.29, 0.717) is 11.5 Å². The van der Waals surface area contributed by atoms with E-state index in [-0.39, 0.29) is 6.42 Å². The molecule has 3 rings (SSSR count). The lowest BCUT2D eigenvalue weighted by atomic mass is 10.1. The van der Waals surface area contributed by atoms with Gasteiger partial charge < -0.3 is 5.73 Å². The van der Waals surface area contributed by atoms with Gasteiger partial charge in [0.15, 0.2) is 0 Å². The van der Waals surface area contributed by atoms with Crippen molar-refractivity contribution in [2.45, 2.75) is 6.42 Å². The Kier molecular flexibility index (Phi) is 3.31. The third-order valence-electron chi connectivity index (χ3n) is 3.07. The first-order chi connectivity index (χ1) is 10.3. The molecule has 0 radical (unpaired) electrons. The summed E-state index contributed by atoms with van der Waals surface area (Å²) in [5.74, 6) is 0.550. The summed E-state index contributed by atoms with van der Waals surface area (Å²) in [4.78, 5) is 1.43. The zero-order chi connectivity index (χ0) is 14.7. The molecule has 0 spiro atoms. The number of tetrazole rings is 1. The zero-order valence-corrected chi connectivity index (χ0v) is 11.1. The maximum absolute atomic E-state index is 8.80. The Morgan fingerprint density at radius 2 is 1.95 bits per heavy atom. The van der Waals surface area contributed by atoms with Gasteiger partial charge in [-0.1, -0.05) is 30.3 Å². The first-order valence-electron chi connectivity index (χ1n) is 6.39. The minimum absolute atomic E-state index is 0.250. The summed E-state index contributed by atoms with van der Waals surface area (Å²) in [7, 11) is 0. The molecule has 21 heavy (non-hydrogen) atoms. The van der Waals surface area contributed by atoms with Crippen LogP contribution in [0.15, 0.2) is 48.5 Å². The average Bonchev–Trinajstić information content (AvgIpc) is 3.00. The number of rotatable bonds is 3. The van der Waals surface area contributed by atoms with E-state index < -0.39 is 0 Å². The highest BCUT2D eigenvalue weighted by Gasteiger charge is 2.08. The van der Waals surface area contributed by atoms with Gasteiger partial charge in [-0.3, -0.25) is 0 Å². The van der Waals surface area contributed by atoms with Crippen molar-refractivity contribution in [3.63, 3.8) is 0 Å². The topological polar surface area (TPSA) is 93.4 Å².